The van der Waals surface area contributed by atoms with Gasteiger partial charge in [-0.15, -0.1) is 10.2 Å². The average Bonchev–Trinajstić information content (AvgIpc) is 3.50. The van der Waals surface area contributed by atoms with Crippen LogP contribution >= 0.6 is 0 Å². The van der Waals surface area contributed by atoms with Gasteiger partial charge in [-0.05, 0) is 56.2 Å². The molecule has 0 saturated carbocycles. The number of benzene rings is 2. The van der Waals surface area contributed by atoms with E-state index < -0.39 is 0 Å². The van der Waals surface area contributed by atoms with Crippen molar-refractivity contribution in [3.05, 3.63) is 48.9 Å². The molecule has 0 atom stereocenters. The molecule has 3 heterocycles. The predicted octanol–water partition coefficient (Wildman–Crippen LogP) is 4.22. The standard InChI is InChI=1S/C25H29N5O4/c1-3-30-17-26-28-25(30)18-14-19-16-27-29(2)24(19)23(15-18)34-22-6-4-20(5-7-22)32-12-13-33-21-8-10-31-11-9-21/h4-7,14-17,21H,3,8-13H2,1-2H3. The summed E-state index contributed by atoms with van der Waals surface area (Å²) in [6.45, 7) is 5.47. The van der Waals surface area contributed by atoms with Crippen molar-refractivity contribution in [1.82, 2.24) is 24.5 Å². The molecule has 1 fully saturated rings. The first kappa shape index (κ1) is 22.4. The normalized spacial score (nSPS) is 14.5. The topological polar surface area (TPSA) is 85.5 Å². The molecule has 0 N–H and O–H groups in total. The van der Waals surface area contributed by atoms with Gasteiger partial charge in [-0.1, -0.05) is 0 Å². The van der Waals surface area contributed by atoms with Crippen molar-refractivity contribution in [2.24, 2.45) is 7.05 Å². The predicted molar refractivity (Wildman–Crippen MR) is 127 cm³/mol. The van der Waals surface area contributed by atoms with Crippen LogP contribution in [0.3, 0.4) is 0 Å². The number of hydrogen-bond donors (Lipinski definition) is 0. The summed E-state index contributed by atoms with van der Waals surface area (Å²) in [6.07, 6.45) is 5.75. The monoisotopic (exact) mass is 463 g/mol. The van der Waals surface area contributed by atoms with Crippen molar-refractivity contribution in [1.29, 1.82) is 0 Å². The van der Waals surface area contributed by atoms with Crippen molar-refractivity contribution in [3.8, 4) is 28.6 Å². The first-order chi connectivity index (χ1) is 16.7. The van der Waals surface area contributed by atoms with Crippen molar-refractivity contribution in [2.75, 3.05) is 26.4 Å². The summed E-state index contributed by atoms with van der Waals surface area (Å²) in [5, 5.41) is 13.7. The van der Waals surface area contributed by atoms with E-state index in [0.29, 0.717) is 24.7 Å². The maximum atomic E-state index is 6.29. The first-order valence-corrected chi connectivity index (χ1v) is 11.6. The average molecular weight is 464 g/mol. The zero-order valence-electron chi connectivity index (χ0n) is 19.5. The minimum Gasteiger partial charge on any atom is -0.491 e. The highest BCUT2D eigenvalue weighted by molar-refractivity contribution is 5.89. The third-order valence-electron chi connectivity index (χ3n) is 5.94. The number of aryl methyl sites for hydroxylation is 2. The molecule has 1 aliphatic rings. The lowest BCUT2D eigenvalue weighted by Gasteiger charge is -2.22. The Balaban J connectivity index is 1.27. The van der Waals surface area contributed by atoms with Crippen LogP contribution < -0.4 is 9.47 Å². The Morgan fingerprint density at radius 3 is 2.65 bits per heavy atom. The number of hydrogen-bond acceptors (Lipinski definition) is 7. The largest absolute Gasteiger partial charge is 0.491 e. The Labute approximate surface area is 198 Å². The number of rotatable bonds is 9. The summed E-state index contributed by atoms with van der Waals surface area (Å²) < 4.78 is 27.2. The van der Waals surface area contributed by atoms with Gasteiger partial charge in [-0.2, -0.15) is 5.10 Å². The smallest absolute Gasteiger partial charge is 0.163 e. The Morgan fingerprint density at radius 1 is 1.06 bits per heavy atom. The summed E-state index contributed by atoms with van der Waals surface area (Å²) in [6, 6.07) is 11.7. The van der Waals surface area contributed by atoms with Crippen molar-refractivity contribution in [2.45, 2.75) is 32.4 Å². The summed E-state index contributed by atoms with van der Waals surface area (Å²) >= 11 is 0. The Hall–Kier alpha value is -3.43. The van der Waals surface area contributed by atoms with Gasteiger partial charge in [-0.25, -0.2) is 0 Å². The summed E-state index contributed by atoms with van der Waals surface area (Å²) in [5.74, 6) is 2.99. The van der Waals surface area contributed by atoms with Crippen LogP contribution in [0.1, 0.15) is 19.8 Å². The first-order valence-electron chi connectivity index (χ1n) is 11.6. The summed E-state index contributed by atoms with van der Waals surface area (Å²) in [4.78, 5) is 0. The molecule has 178 valence electrons. The highest BCUT2D eigenvalue weighted by atomic mass is 16.5. The Kier molecular flexibility index (Phi) is 6.73. The molecule has 9 heteroatoms. The van der Waals surface area contributed by atoms with E-state index in [1.54, 1.807) is 6.33 Å². The molecule has 0 aliphatic carbocycles. The van der Waals surface area contributed by atoms with Crippen molar-refractivity contribution < 1.29 is 18.9 Å². The Bertz CT molecular complexity index is 1230. The molecule has 0 amide bonds. The molecular formula is C25H29N5O4. The van der Waals surface area contributed by atoms with Crippen LogP contribution in [-0.4, -0.2) is 57.1 Å². The molecule has 1 saturated heterocycles. The van der Waals surface area contributed by atoms with E-state index in [9.17, 15) is 0 Å². The van der Waals surface area contributed by atoms with E-state index in [1.165, 1.54) is 0 Å². The van der Waals surface area contributed by atoms with Crippen LogP contribution in [0.2, 0.25) is 0 Å². The zero-order chi connectivity index (χ0) is 23.3. The van der Waals surface area contributed by atoms with E-state index in [2.05, 4.69) is 28.3 Å². The lowest BCUT2D eigenvalue weighted by atomic mass is 10.1. The van der Waals surface area contributed by atoms with Gasteiger partial charge in [0, 0.05) is 37.8 Å². The molecule has 0 radical (unpaired) electrons. The molecule has 2 aromatic carbocycles. The Morgan fingerprint density at radius 2 is 1.85 bits per heavy atom. The van der Waals surface area contributed by atoms with Gasteiger partial charge in [0.2, 0.25) is 0 Å². The van der Waals surface area contributed by atoms with Crippen LogP contribution in [0.15, 0.2) is 48.9 Å². The molecule has 1 aliphatic heterocycles. The molecule has 0 spiro atoms. The van der Waals surface area contributed by atoms with Crippen molar-refractivity contribution >= 4 is 10.9 Å². The SMILES string of the molecule is CCn1cnnc1-c1cc(Oc2ccc(OCCOC3CCOCC3)cc2)c2c(cnn2C)c1. The molecule has 9 nitrogen and oxygen atoms in total. The second-order valence-electron chi connectivity index (χ2n) is 8.23. The van der Waals surface area contributed by atoms with Crippen LogP contribution in [-0.2, 0) is 23.1 Å². The van der Waals surface area contributed by atoms with Gasteiger partial charge in [-0.3, -0.25) is 4.68 Å². The zero-order valence-corrected chi connectivity index (χ0v) is 19.5. The van der Waals surface area contributed by atoms with Gasteiger partial charge in [0.05, 0.1) is 18.9 Å². The van der Waals surface area contributed by atoms with Crippen LogP contribution in [0.25, 0.3) is 22.3 Å². The third-order valence-corrected chi connectivity index (χ3v) is 5.94. The van der Waals surface area contributed by atoms with Crippen LogP contribution in [0.5, 0.6) is 17.2 Å². The highest BCUT2D eigenvalue weighted by Gasteiger charge is 2.16. The molecule has 4 aromatic rings. The van der Waals surface area contributed by atoms with E-state index >= 15 is 0 Å². The van der Waals surface area contributed by atoms with Gasteiger partial charge in [0.25, 0.3) is 0 Å². The van der Waals surface area contributed by atoms with Crippen LogP contribution in [0, 0.1) is 0 Å². The second kappa shape index (κ2) is 10.2. The highest BCUT2D eigenvalue weighted by Crippen LogP contribution is 2.35. The fraction of sp³-hybridized carbons (Fsp3) is 0.400. The van der Waals surface area contributed by atoms with E-state index in [0.717, 1.165) is 60.6 Å². The van der Waals surface area contributed by atoms with Gasteiger partial charge in [0.15, 0.2) is 11.6 Å². The molecule has 34 heavy (non-hydrogen) atoms. The number of aromatic nitrogens is 5. The fourth-order valence-corrected chi connectivity index (χ4v) is 4.15. The number of ether oxygens (including phenoxy) is 4. The molecule has 2 aromatic heterocycles. The maximum absolute atomic E-state index is 6.29. The molecular weight excluding hydrogens is 434 g/mol. The maximum Gasteiger partial charge on any atom is 0.163 e. The van der Waals surface area contributed by atoms with Gasteiger partial charge in [0.1, 0.15) is 29.9 Å². The quantitative estimate of drug-likeness (QED) is 0.344. The van der Waals surface area contributed by atoms with E-state index in [-0.39, 0.29) is 6.10 Å². The minimum absolute atomic E-state index is 0.277. The lowest BCUT2D eigenvalue weighted by Crippen LogP contribution is -2.25. The summed E-state index contributed by atoms with van der Waals surface area (Å²) in [7, 11) is 1.91. The van der Waals surface area contributed by atoms with Gasteiger partial charge < -0.3 is 23.5 Å². The van der Waals surface area contributed by atoms with E-state index in [4.69, 9.17) is 18.9 Å². The number of nitrogens with zero attached hydrogens (tertiary/aromatic N) is 5. The van der Waals surface area contributed by atoms with Crippen LogP contribution in [0.4, 0.5) is 0 Å². The molecule has 5 rings (SSSR count). The number of fused-ring (bicyclic) bond motifs is 1. The molecule has 0 unspecified atom stereocenters. The lowest BCUT2D eigenvalue weighted by molar-refractivity contribution is -0.0388. The summed E-state index contributed by atoms with van der Waals surface area (Å²) in [5.41, 5.74) is 1.84. The van der Waals surface area contributed by atoms with E-state index in [1.807, 2.05) is 52.8 Å². The fourth-order valence-electron chi connectivity index (χ4n) is 4.15. The second-order valence-corrected chi connectivity index (χ2v) is 8.23. The van der Waals surface area contributed by atoms with Gasteiger partial charge >= 0.3 is 0 Å². The van der Waals surface area contributed by atoms with Crippen molar-refractivity contribution in [3.63, 3.8) is 0 Å². The molecule has 0 bridgehead atoms. The third kappa shape index (κ3) is 4.90. The minimum atomic E-state index is 0.277.